The van der Waals surface area contributed by atoms with E-state index in [-0.39, 0.29) is 75.5 Å². The molecule has 4 aromatic rings. The van der Waals surface area contributed by atoms with Crippen molar-refractivity contribution in [1.82, 2.24) is 30.0 Å². The Bertz CT molecular complexity index is 2490. The summed E-state index contributed by atoms with van der Waals surface area (Å²) in [5, 5.41) is 2.83. The number of nitrogens with zero attached hydrogens (tertiary/aromatic N) is 6. The van der Waals surface area contributed by atoms with Crippen LogP contribution >= 0.6 is 23.2 Å². The molecule has 17 heteroatoms. The lowest BCUT2D eigenvalue weighted by Crippen LogP contribution is -2.52. The van der Waals surface area contributed by atoms with Gasteiger partial charge in [-0.15, -0.1) is 0 Å². The number of allylic oxidation sites excluding steroid dienone is 1. The number of carbonyl (C=O) groups is 4. The number of fused-ring (bicyclic) bond motifs is 2. The summed E-state index contributed by atoms with van der Waals surface area (Å²) in [6, 6.07) is 7.98. The van der Waals surface area contributed by atoms with E-state index in [1.807, 2.05) is 4.90 Å². The van der Waals surface area contributed by atoms with Crippen molar-refractivity contribution in [3.8, 4) is 16.9 Å². The highest BCUT2D eigenvalue weighted by Gasteiger charge is 2.41. The Kier molecular flexibility index (Phi) is 14.1. The number of carbonyl (C=O) groups excluding carboxylic acids is 4. The zero-order valence-corrected chi connectivity index (χ0v) is 37.1. The number of nitrogens with one attached hydrogen (secondary N) is 1. The average Bonchev–Trinajstić information content (AvgIpc) is 3.62. The van der Waals surface area contributed by atoms with Gasteiger partial charge in [0.1, 0.15) is 46.1 Å². The lowest BCUT2D eigenvalue weighted by Gasteiger charge is -2.35. The van der Waals surface area contributed by atoms with Crippen LogP contribution in [0.2, 0.25) is 5.02 Å². The second-order valence-electron chi connectivity index (χ2n) is 16.8. The highest BCUT2D eigenvalue weighted by molar-refractivity contribution is 6.42. The van der Waals surface area contributed by atoms with Crippen molar-refractivity contribution in [3.05, 3.63) is 93.0 Å². The van der Waals surface area contributed by atoms with Crippen LogP contribution in [0.4, 0.5) is 19.0 Å². The first-order valence-corrected chi connectivity index (χ1v) is 22.8. The lowest BCUT2D eigenvalue weighted by molar-refractivity contribution is -0.137. The number of piperidine rings is 2. The second-order valence-corrected chi connectivity index (χ2v) is 17.6. The molecule has 3 aromatic carbocycles. The highest BCUT2D eigenvalue weighted by atomic mass is 35.5. The molecule has 3 fully saturated rings. The van der Waals surface area contributed by atoms with E-state index in [0.717, 1.165) is 69.3 Å². The standard InChI is InChI=1S/C47H50Cl2F3N7O5/c1-2-34(48)47(63)58-20-18-57(19-21-58)44-32-25-35(49)40(42(52)43(32)53-27-54-44)41-36(51)9-8-10-38(41)64-22-7-5-3-4-6-15-56-16-13-28(14-17-56)30-23-29(50)24-31-33(30)26-59(46(31)62)37-11-12-39(60)55-45(37)61/h2,8-10,23-25,27-28,37H,3-7,11-22,26H2,1H3,(H,55,60,61)/b34-2-. The summed E-state index contributed by atoms with van der Waals surface area (Å²) in [4.78, 5) is 66.2. The molecule has 1 aromatic heterocycles. The van der Waals surface area contributed by atoms with Gasteiger partial charge in [0.25, 0.3) is 11.8 Å². The van der Waals surface area contributed by atoms with Crippen LogP contribution in [0.1, 0.15) is 92.1 Å². The van der Waals surface area contributed by atoms with E-state index in [0.29, 0.717) is 56.0 Å². The second kappa shape index (κ2) is 19.9. The minimum Gasteiger partial charge on any atom is -0.493 e. The Morgan fingerprint density at radius 3 is 2.42 bits per heavy atom. The van der Waals surface area contributed by atoms with Gasteiger partial charge in [-0.25, -0.2) is 23.1 Å². The summed E-state index contributed by atoms with van der Waals surface area (Å²) in [6.07, 6.45) is 9.52. The number of piperazine rings is 1. The van der Waals surface area contributed by atoms with Gasteiger partial charge in [0.15, 0.2) is 5.82 Å². The SMILES string of the molecule is C/C=C(\Cl)C(=O)N1CCN(c2ncnc3c(F)c(-c4c(F)cccc4OCCCCCCCN4CCC(c5cc(F)cc6c5CN(C5CCC(=O)NC5=O)C6=O)CC4)c(Cl)cc23)CC1. The molecule has 5 heterocycles. The van der Waals surface area contributed by atoms with Crippen LogP contribution in [0.3, 0.4) is 0 Å². The van der Waals surface area contributed by atoms with Crippen LogP contribution < -0.4 is 15.0 Å². The Morgan fingerprint density at radius 2 is 1.67 bits per heavy atom. The molecule has 0 spiro atoms. The third kappa shape index (κ3) is 9.43. The fourth-order valence-electron chi connectivity index (χ4n) is 9.50. The van der Waals surface area contributed by atoms with Gasteiger partial charge in [0.2, 0.25) is 11.8 Å². The van der Waals surface area contributed by atoms with E-state index < -0.39 is 29.4 Å². The first-order chi connectivity index (χ1) is 30.9. The quantitative estimate of drug-likeness (QED) is 0.0758. The number of aromatic nitrogens is 2. The molecule has 8 rings (SSSR count). The number of ether oxygens (including phenoxy) is 1. The van der Waals surface area contributed by atoms with E-state index in [9.17, 15) is 23.6 Å². The van der Waals surface area contributed by atoms with Crippen LogP contribution in [-0.4, -0.2) is 107 Å². The van der Waals surface area contributed by atoms with Gasteiger partial charge in [0.05, 0.1) is 17.2 Å². The fourth-order valence-corrected chi connectivity index (χ4v) is 9.90. The maximum Gasteiger partial charge on any atom is 0.265 e. The van der Waals surface area contributed by atoms with Gasteiger partial charge in [-0.3, -0.25) is 24.5 Å². The van der Waals surface area contributed by atoms with Crippen molar-refractivity contribution in [3.63, 3.8) is 0 Å². The molecule has 0 bridgehead atoms. The predicted octanol–water partition coefficient (Wildman–Crippen LogP) is 8.13. The van der Waals surface area contributed by atoms with Gasteiger partial charge in [-0.2, -0.15) is 0 Å². The molecule has 3 saturated heterocycles. The third-order valence-corrected chi connectivity index (χ3v) is 13.6. The number of halogens is 5. The molecule has 1 atom stereocenters. The lowest BCUT2D eigenvalue weighted by atomic mass is 9.85. The van der Waals surface area contributed by atoms with Crippen molar-refractivity contribution in [2.75, 3.05) is 57.3 Å². The minimum absolute atomic E-state index is 0.00836. The number of benzene rings is 3. The van der Waals surface area contributed by atoms with Crippen molar-refractivity contribution in [2.24, 2.45) is 0 Å². The van der Waals surface area contributed by atoms with E-state index in [2.05, 4.69) is 20.2 Å². The fraction of sp³-hybridized carbons (Fsp3) is 0.447. The topological polar surface area (TPSA) is 128 Å². The smallest absolute Gasteiger partial charge is 0.265 e. The summed E-state index contributed by atoms with van der Waals surface area (Å²) in [5.74, 6) is -2.63. The van der Waals surface area contributed by atoms with E-state index in [1.165, 1.54) is 29.4 Å². The molecule has 0 aliphatic carbocycles. The molecule has 1 N–H and O–H groups in total. The molecule has 12 nitrogen and oxygen atoms in total. The number of imide groups is 1. The Balaban J connectivity index is 0.802. The molecule has 0 saturated carbocycles. The Labute approximate surface area is 379 Å². The molecule has 338 valence electrons. The summed E-state index contributed by atoms with van der Waals surface area (Å²) >= 11 is 12.8. The Hall–Kier alpha value is -5.25. The molecule has 64 heavy (non-hydrogen) atoms. The predicted molar refractivity (Wildman–Crippen MR) is 238 cm³/mol. The third-order valence-electron chi connectivity index (χ3n) is 12.9. The normalized spacial score (nSPS) is 18.8. The number of anilines is 1. The molecule has 4 aliphatic rings. The van der Waals surface area contributed by atoms with Gasteiger partial charge < -0.3 is 24.3 Å². The summed E-state index contributed by atoms with van der Waals surface area (Å²) in [6.45, 7) is 6.54. The number of hydrogen-bond donors (Lipinski definition) is 1. The largest absolute Gasteiger partial charge is 0.493 e. The first-order valence-electron chi connectivity index (χ1n) is 22.0. The minimum atomic E-state index is -0.786. The number of rotatable bonds is 14. The summed E-state index contributed by atoms with van der Waals surface area (Å²) < 4.78 is 52.9. The highest BCUT2D eigenvalue weighted by Crippen LogP contribution is 2.43. The van der Waals surface area contributed by atoms with Gasteiger partial charge in [-0.05, 0) is 106 Å². The first kappa shape index (κ1) is 45.3. The van der Waals surface area contributed by atoms with Crippen molar-refractivity contribution in [1.29, 1.82) is 0 Å². The number of hydrogen-bond acceptors (Lipinski definition) is 9. The maximum absolute atomic E-state index is 16.4. The van der Waals surface area contributed by atoms with Gasteiger partial charge in [-0.1, -0.05) is 54.6 Å². The zero-order valence-electron chi connectivity index (χ0n) is 35.6. The monoisotopic (exact) mass is 919 g/mol. The van der Waals surface area contributed by atoms with Crippen LogP contribution in [0.15, 0.2) is 53.8 Å². The molecular formula is C47H50Cl2F3N7O5. The summed E-state index contributed by atoms with van der Waals surface area (Å²) in [5.41, 5.74) is 1.72. The number of unbranched alkanes of at least 4 members (excludes halogenated alkanes) is 4. The summed E-state index contributed by atoms with van der Waals surface area (Å²) in [7, 11) is 0. The molecule has 0 radical (unpaired) electrons. The van der Waals surface area contributed by atoms with Crippen LogP contribution in [0.25, 0.3) is 22.0 Å². The zero-order chi connectivity index (χ0) is 45.1. The number of likely N-dealkylation sites (tertiary alicyclic amines) is 1. The average molecular weight is 921 g/mol. The van der Waals surface area contributed by atoms with E-state index >= 15 is 8.78 Å². The Morgan fingerprint density at radius 1 is 0.922 bits per heavy atom. The maximum atomic E-state index is 16.4. The van der Waals surface area contributed by atoms with E-state index in [1.54, 1.807) is 36.1 Å². The van der Waals surface area contributed by atoms with E-state index in [4.69, 9.17) is 27.9 Å². The van der Waals surface area contributed by atoms with Crippen LogP contribution in [0, 0.1) is 17.5 Å². The van der Waals surface area contributed by atoms with Crippen LogP contribution in [0.5, 0.6) is 5.75 Å². The molecule has 4 amide bonds. The van der Waals surface area contributed by atoms with Crippen LogP contribution in [-0.2, 0) is 20.9 Å². The number of amides is 4. The molecule has 1 unspecified atom stereocenters. The van der Waals surface area contributed by atoms with Crippen molar-refractivity contribution < 1.29 is 37.1 Å². The van der Waals surface area contributed by atoms with Crippen molar-refractivity contribution >= 4 is 63.6 Å². The molecule has 4 aliphatic heterocycles. The van der Waals surface area contributed by atoms with Gasteiger partial charge >= 0.3 is 0 Å². The molecular weight excluding hydrogens is 870 g/mol. The van der Waals surface area contributed by atoms with Crippen molar-refractivity contribution in [2.45, 2.75) is 83.2 Å². The van der Waals surface area contributed by atoms with Gasteiger partial charge in [0, 0.05) is 55.7 Å².